The summed E-state index contributed by atoms with van der Waals surface area (Å²) in [6, 6.07) is 7.53. The Morgan fingerprint density at radius 1 is 0.948 bits per heavy atom. The maximum Gasteiger partial charge on any atom is 0.423 e. The molecule has 0 unspecified atom stereocenters. The lowest BCUT2D eigenvalue weighted by molar-refractivity contribution is -0.111. The van der Waals surface area contributed by atoms with E-state index in [1.165, 1.54) is 32.6 Å². The van der Waals surface area contributed by atoms with Crippen LogP contribution in [0.25, 0.3) is 0 Å². The Hall–Kier alpha value is -5.48. The van der Waals surface area contributed by atoms with E-state index in [0.29, 0.717) is 35.9 Å². The lowest BCUT2D eigenvalue weighted by atomic mass is 10.1. The summed E-state index contributed by atoms with van der Waals surface area (Å²) in [5, 5.41) is 5.80. The molecule has 2 heterocycles. The molecule has 0 radical (unpaired) electrons. The number of ether oxygens (including phenoxy) is 4. The van der Waals surface area contributed by atoms with Gasteiger partial charge in [-0.1, -0.05) is 29.8 Å². The van der Waals surface area contributed by atoms with Gasteiger partial charge in [-0.05, 0) is 85.6 Å². The van der Waals surface area contributed by atoms with E-state index in [9.17, 15) is 19.2 Å². The van der Waals surface area contributed by atoms with Crippen LogP contribution in [0.3, 0.4) is 0 Å². The van der Waals surface area contributed by atoms with Crippen molar-refractivity contribution in [1.29, 1.82) is 0 Å². The second-order valence-electron chi connectivity index (χ2n) is 15.7. The third kappa shape index (κ3) is 9.96. The number of benzene rings is 2. The molecule has 1 spiro atoms. The van der Waals surface area contributed by atoms with Crippen LogP contribution in [0, 0.1) is 0 Å². The van der Waals surface area contributed by atoms with Gasteiger partial charge in [-0.3, -0.25) is 14.6 Å². The number of amides is 5. The summed E-state index contributed by atoms with van der Waals surface area (Å²) >= 11 is 13.4. The average Bonchev–Trinajstić information content (AvgIpc) is 3.91. The molecule has 1 saturated carbocycles. The van der Waals surface area contributed by atoms with Crippen molar-refractivity contribution < 1.29 is 38.1 Å². The molecule has 0 atom stereocenters. The molecule has 3 aromatic rings. The first kappa shape index (κ1) is 43.6. The molecule has 1 aliphatic carbocycles. The molecule has 2 fully saturated rings. The number of nitrogens with zero attached hydrogens (tertiary/aromatic N) is 6. The SMILES string of the molecule is C=CC(=O)Nc1cc(N2CCN(C(=O)OC(C)(C)C)C3(CC3)C2)ccc1Nc1cc(N(C)C(=O)N(C(=O)OC(C)(C)C)c2c(Cl)c(OC)cc(OCC)c2Cl)ncn1. The zero-order valence-electron chi connectivity index (χ0n) is 34.2. The quantitative estimate of drug-likeness (QED) is 0.187. The molecule has 58 heavy (non-hydrogen) atoms. The summed E-state index contributed by atoms with van der Waals surface area (Å²) in [6.07, 6.45) is 2.72. The molecule has 5 rings (SSSR count). The van der Waals surface area contributed by atoms with Gasteiger partial charge in [-0.25, -0.2) is 24.4 Å². The Labute approximate surface area is 348 Å². The minimum absolute atomic E-state index is 0.0714. The molecule has 1 aromatic heterocycles. The second kappa shape index (κ2) is 17.2. The fourth-order valence-electron chi connectivity index (χ4n) is 6.24. The van der Waals surface area contributed by atoms with E-state index in [1.807, 2.05) is 37.8 Å². The van der Waals surface area contributed by atoms with Crippen LogP contribution < -0.4 is 34.8 Å². The lowest BCUT2D eigenvalue weighted by Crippen LogP contribution is -2.58. The van der Waals surface area contributed by atoms with Crippen molar-refractivity contribution in [3.63, 3.8) is 0 Å². The summed E-state index contributed by atoms with van der Waals surface area (Å²) in [7, 11) is 2.77. The number of carbonyl (C=O) groups excluding carboxylic acids is 4. The van der Waals surface area contributed by atoms with Gasteiger partial charge < -0.3 is 34.5 Å². The summed E-state index contributed by atoms with van der Waals surface area (Å²) < 4.78 is 22.4. The zero-order valence-corrected chi connectivity index (χ0v) is 35.7. The molecule has 16 nitrogen and oxygen atoms in total. The number of halogens is 2. The molecule has 1 saturated heterocycles. The minimum Gasteiger partial charge on any atom is -0.495 e. The van der Waals surface area contributed by atoms with Crippen molar-refractivity contribution in [2.75, 3.05) is 65.7 Å². The third-order valence-corrected chi connectivity index (χ3v) is 9.80. The predicted octanol–water partition coefficient (Wildman–Crippen LogP) is 8.65. The molecule has 1 aliphatic heterocycles. The molecule has 2 aromatic carbocycles. The Balaban J connectivity index is 1.44. The lowest BCUT2D eigenvalue weighted by Gasteiger charge is -2.43. The van der Waals surface area contributed by atoms with Gasteiger partial charge in [0.15, 0.2) is 0 Å². The van der Waals surface area contributed by atoms with Gasteiger partial charge in [0.25, 0.3) is 0 Å². The predicted molar refractivity (Wildman–Crippen MR) is 224 cm³/mol. The smallest absolute Gasteiger partial charge is 0.423 e. The number of piperazine rings is 1. The fourth-order valence-corrected chi connectivity index (χ4v) is 6.88. The number of hydrogen-bond donors (Lipinski definition) is 2. The van der Waals surface area contributed by atoms with Crippen LogP contribution in [-0.4, -0.2) is 96.1 Å². The molecule has 18 heteroatoms. The molecule has 0 bridgehead atoms. The first-order valence-electron chi connectivity index (χ1n) is 18.6. The number of urea groups is 1. The fraction of sp³-hybridized carbons (Fsp3) is 0.450. The Morgan fingerprint density at radius 2 is 1.62 bits per heavy atom. The minimum atomic E-state index is -1.07. The Bertz CT molecular complexity index is 2080. The van der Waals surface area contributed by atoms with Crippen molar-refractivity contribution >= 4 is 81.7 Å². The summed E-state index contributed by atoms with van der Waals surface area (Å²) in [6.45, 7) is 17.7. The van der Waals surface area contributed by atoms with E-state index in [2.05, 4.69) is 32.1 Å². The largest absolute Gasteiger partial charge is 0.495 e. The van der Waals surface area contributed by atoms with E-state index in [-0.39, 0.29) is 57.1 Å². The second-order valence-corrected chi connectivity index (χ2v) is 16.5. The van der Waals surface area contributed by atoms with Crippen molar-refractivity contribution in [3.8, 4) is 11.5 Å². The molecule has 2 N–H and O–H groups in total. The van der Waals surface area contributed by atoms with Crippen LogP contribution in [0.15, 0.2) is 49.3 Å². The normalized spacial score (nSPS) is 14.6. The number of imide groups is 1. The first-order chi connectivity index (χ1) is 27.2. The summed E-state index contributed by atoms with van der Waals surface area (Å²) in [5.41, 5.74) is -0.423. The van der Waals surface area contributed by atoms with Gasteiger partial charge in [-0.15, -0.1) is 0 Å². The highest BCUT2D eigenvalue weighted by atomic mass is 35.5. The van der Waals surface area contributed by atoms with E-state index in [4.69, 9.17) is 42.1 Å². The summed E-state index contributed by atoms with van der Waals surface area (Å²) in [5.74, 6) is 0.101. The Kier molecular flexibility index (Phi) is 12.9. The molecule has 5 amide bonds. The van der Waals surface area contributed by atoms with E-state index in [1.54, 1.807) is 33.8 Å². The zero-order chi connectivity index (χ0) is 42.7. The molecular weight excluding hydrogens is 791 g/mol. The van der Waals surface area contributed by atoms with Crippen LogP contribution >= 0.6 is 23.2 Å². The van der Waals surface area contributed by atoms with Crippen LogP contribution in [0.4, 0.5) is 48.8 Å². The van der Waals surface area contributed by atoms with Crippen molar-refractivity contribution in [2.45, 2.75) is 78.0 Å². The van der Waals surface area contributed by atoms with Gasteiger partial charge >= 0.3 is 18.2 Å². The molecule has 2 aliphatic rings. The standard InChI is InChI=1S/C40H50Cl2N8O8/c1-11-31(51)46-26-19-24(48-17-18-49(40(22-48)15-16-40)36(53)57-38(3,4)5)13-14-25(26)45-29-21-30(44-23-43-29)47(9)35(52)50(37(54)58-39(6,7)8)34-32(41)27(55-10)20-28(33(34)42)56-12-2/h11,13-14,19-21,23H,1,12,15-18,22H2,2-10H3,(H,46,51)(H,43,44,45). The van der Waals surface area contributed by atoms with Gasteiger partial charge in [0.05, 0.1) is 30.6 Å². The van der Waals surface area contributed by atoms with Crippen LogP contribution in [0.5, 0.6) is 11.5 Å². The third-order valence-electron chi connectivity index (χ3n) is 9.07. The highest BCUT2D eigenvalue weighted by molar-refractivity contribution is 6.43. The van der Waals surface area contributed by atoms with E-state index in [0.717, 1.165) is 29.5 Å². The summed E-state index contributed by atoms with van der Waals surface area (Å²) in [4.78, 5) is 68.3. The van der Waals surface area contributed by atoms with Crippen molar-refractivity contribution in [3.05, 3.63) is 59.4 Å². The van der Waals surface area contributed by atoms with Gasteiger partial charge in [0, 0.05) is 44.5 Å². The van der Waals surface area contributed by atoms with Gasteiger partial charge in [-0.2, -0.15) is 4.90 Å². The van der Waals surface area contributed by atoms with Gasteiger partial charge in [0.2, 0.25) is 5.91 Å². The van der Waals surface area contributed by atoms with Crippen LogP contribution in [-0.2, 0) is 14.3 Å². The maximum absolute atomic E-state index is 14.4. The number of anilines is 6. The highest BCUT2D eigenvalue weighted by Crippen LogP contribution is 2.48. The number of methoxy groups -OCH3 is 1. The molecular formula is C40H50Cl2N8O8. The monoisotopic (exact) mass is 840 g/mol. The number of aromatic nitrogens is 2. The average molecular weight is 842 g/mol. The van der Waals surface area contributed by atoms with E-state index >= 15 is 0 Å². The van der Waals surface area contributed by atoms with Crippen LogP contribution in [0.1, 0.15) is 61.3 Å². The number of rotatable bonds is 10. The van der Waals surface area contributed by atoms with Crippen molar-refractivity contribution in [2.24, 2.45) is 0 Å². The highest BCUT2D eigenvalue weighted by Gasteiger charge is 2.54. The first-order valence-corrected chi connectivity index (χ1v) is 19.4. The molecule has 312 valence electrons. The van der Waals surface area contributed by atoms with Gasteiger partial charge in [0.1, 0.15) is 56.4 Å². The Morgan fingerprint density at radius 3 is 2.22 bits per heavy atom. The van der Waals surface area contributed by atoms with E-state index < -0.39 is 29.2 Å². The van der Waals surface area contributed by atoms with Crippen LogP contribution in [0.2, 0.25) is 10.0 Å². The maximum atomic E-state index is 14.4. The number of hydrogen-bond acceptors (Lipinski definition) is 12. The number of carbonyl (C=O) groups is 4. The van der Waals surface area contributed by atoms with Crippen molar-refractivity contribution in [1.82, 2.24) is 14.9 Å². The number of nitrogens with one attached hydrogen (secondary N) is 2. The topological polar surface area (TPSA) is 168 Å².